The number of benzene rings is 2. The van der Waals surface area contributed by atoms with E-state index in [1.54, 1.807) is 36.4 Å². The number of carbonyl (C=O) groups excluding carboxylic acids is 1. The normalized spacial score (nSPS) is 22.8. The predicted molar refractivity (Wildman–Crippen MR) is 154 cm³/mol. The van der Waals surface area contributed by atoms with E-state index in [4.69, 9.17) is 28.8 Å². The number of aromatic hydroxyl groups is 1. The number of nitrogens with two attached hydrogens (primary N) is 3. The molecule has 0 spiro atoms. The smallest absolute Gasteiger partial charge is 0.255 e. The van der Waals surface area contributed by atoms with Gasteiger partial charge in [-0.1, -0.05) is 11.6 Å². The highest BCUT2D eigenvalue weighted by atomic mass is 35.5. The summed E-state index contributed by atoms with van der Waals surface area (Å²) in [4.78, 5) is 30.3. The lowest BCUT2D eigenvalue weighted by Crippen LogP contribution is -2.53. The Morgan fingerprint density at radius 3 is 2.38 bits per heavy atom. The molecule has 212 valence electrons. The lowest BCUT2D eigenvalue weighted by molar-refractivity contribution is 0.102. The molecule has 40 heavy (non-hydrogen) atoms. The lowest BCUT2D eigenvalue weighted by atomic mass is 10.0. The summed E-state index contributed by atoms with van der Waals surface area (Å²) >= 11 is 5.89. The zero-order valence-electron chi connectivity index (χ0n) is 21.7. The molecule has 3 heterocycles. The minimum atomic E-state index is -0.547. The molecule has 1 amide bonds. The van der Waals surface area contributed by atoms with E-state index in [0.717, 1.165) is 0 Å². The Balaban J connectivity index is 1.40. The summed E-state index contributed by atoms with van der Waals surface area (Å²) in [7, 11) is 0. The summed E-state index contributed by atoms with van der Waals surface area (Å²) in [6, 6.07) is 10.7. The molecule has 0 aliphatic carbocycles. The first-order valence-electron chi connectivity index (χ1n) is 13.0. The molecular weight excluding hydrogens is 536 g/mol. The number of nitrogens with zero attached hydrogens (tertiary/aromatic N) is 5. The van der Waals surface area contributed by atoms with Gasteiger partial charge < -0.3 is 47.8 Å². The Kier molecular flexibility index (Phi) is 8.19. The highest BCUT2D eigenvalue weighted by Crippen LogP contribution is 2.30. The van der Waals surface area contributed by atoms with Gasteiger partial charge in [0.25, 0.3) is 5.91 Å². The number of aliphatic hydroxyl groups excluding tert-OH is 1. The van der Waals surface area contributed by atoms with Gasteiger partial charge in [-0.15, -0.1) is 0 Å². The van der Waals surface area contributed by atoms with Crippen molar-refractivity contribution in [1.29, 1.82) is 0 Å². The Bertz CT molecular complexity index is 1350. The molecule has 0 saturated carbocycles. The van der Waals surface area contributed by atoms with Crippen molar-refractivity contribution in [2.24, 2.45) is 17.2 Å². The second-order valence-corrected chi connectivity index (χ2v) is 10.6. The molecule has 1 aromatic heterocycles. The van der Waals surface area contributed by atoms with Crippen LogP contribution < -0.4 is 37.6 Å². The summed E-state index contributed by atoms with van der Waals surface area (Å²) in [5, 5.41) is 27.2. The maximum atomic E-state index is 12.6. The summed E-state index contributed by atoms with van der Waals surface area (Å²) in [5.41, 5.74) is 19.5. The van der Waals surface area contributed by atoms with Gasteiger partial charge in [-0.3, -0.25) is 4.79 Å². The van der Waals surface area contributed by atoms with E-state index >= 15 is 0 Å². The van der Waals surface area contributed by atoms with Crippen molar-refractivity contribution in [3.63, 3.8) is 0 Å². The SMILES string of the molecule is NC[C@@H]1C[C@@H](O)CN1c1nc(Nc2ccc(NC(=O)c3ccc(Cl)cc3)c(O)c2)nc(N2C[C@H](N)C[C@H](N)C2)n1. The number of aromatic nitrogens is 3. The largest absolute Gasteiger partial charge is 0.506 e. The highest BCUT2D eigenvalue weighted by molar-refractivity contribution is 6.30. The van der Waals surface area contributed by atoms with Gasteiger partial charge in [-0.05, 0) is 49.2 Å². The number of halogens is 1. The molecule has 2 saturated heterocycles. The average Bonchev–Trinajstić information content (AvgIpc) is 3.30. The van der Waals surface area contributed by atoms with Crippen LogP contribution in [0.15, 0.2) is 42.5 Å². The number of rotatable bonds is 7. The third-order valence-corrected chi connectivity index (χ3v) is 7.19. The summed E-state index contributed by atoms with van der Waals surface area (Å²) in [6.07, 6.45) is 0.666. The van der Waals surface area contributed by atoms with Crippen molar-refractivity contribution < 1.29 is 15.0 Å². The predicted octanol–water partition coefficient (Wildman–Crippen LogP) is 0.989. The molecule has 0 radical (unpaired) electrons. The highest BCUT2D eigenvalue weighted by Gasteiger charge is 2.33. The molecule has 2 aromatic carbocycles. The van der Waals surface area contributed by atoms with Crippen LogP contribution in [0.4, 0.5) is 29.2 Å². The van der Waals surface area contributed by atoms with Crippen molar-refractivity contribution in [3.8, 4) is 5.75 Å². The number of aliphatic hydroxyl groups is 1. The average molecular weight is 569 g/mol. The van der Waals surface area contributed by atoms with E-state index in [-0.39, 0.29) is 41.4 Å². The lowest BCUT2D eigenvalue weighted by Gasteiger charge is -2.35. The topological polar surface area (TPSA) is 205 Å². The summed E-state index contributed by atoms with van der Waals surface area (Å²) in [5.74, 6) is 0.442. The molecule has 2 aliphatic heterocycles. The van der Waals surface area contributed by atoms with E-state index in [2.05, 4.69) is 25.6 Å². The molecule has 0 bridgehead atoms. The summed E-state index contributed by atoms with van der Waals surface area (Å²) < 4.78 is 0. The van der Waals surface area contributed by atoms with Gasteiger partial charge >= 0.3 is 0 Å². The summed E-state index contributed by atoms with van der Waals surface area (Å²) in [6.45, 7) is 1.73. The molecule has 2 aliphatic rings. The van der Waals surface area contributed by atoms with Crippen LogP contribution >= 0.6 is 11.6 Å². The van der Waals surface area contributed by atoms with E-state index in [1.807, 2.05) is 9.80 Å². The molecule has 2 fully saturated rings. The third kappa shape index (κ3) is 6.35. The molecule has 10 N–H and O–H groups in total. The number of piperidine rings is 1. The van der Waals surface area contributed by atoms with Crippen LogP contribution in [0.1, 0.15) is 23.2 Å². The molecule has 4 atom stereocenters. The maximum absolute atomic E-state index is 12.6. The van der Waals surface area contributed by atoms with E-state index in [1.165, 1.54) is 6.07 Å². The van der Waals surface area contributed by atoms with Crippen LogP contribution in [-0.2, 0) is 0 Å². The standard InChI is InChI=1S/C26H33ClN10O3/c27-15-3-1-14(2-4-15)23(40)32-21-6-5-18(8-22(21)39)31-24-33-25(36-11-16(29)7-17(30)12-36)35-26(34-24)37-13-20(38)9-19(37)10-28/h1-6,8,16-17,19-20,38-39H,7,9-13,28-30H2,(H,32,40)(H,31,33,34,35)/t16-,17+,19-,20+/m0/s1. The van der Waals surface area contributed by atoms with Gasteiger partial charge in [0.2, 0.25) is 17.8 Å². The minimum absolute atomic E-state index is 0.127. The molecular formula is C26H33ClN10O3. The quantitative estimate of drug-likeness (QED) is 0.199. The van der Waals surface area contributed by atoms with Gasteiger partial charge in [0.05, 0.1) is 11.8 Å². The molecule has 5 rings (SSSR count). The minimum Gasteiger partial charge on any atom is -0.506 e. The number of hydrogen-bond acceptors (Lipinski definition) is 12. The van der Waals surface area contributed by atoms with Gasteiger partial charge in [0, 0.05) is 66.6 Å². The van der Waals surface area contributed by atoms with Gasteiger partial charge in [-0.2, -0.15) is 15.0 Å². The van der Waals surface area contributed by atoms with Crippen LogP contribution in [-0.4, -0.2) is 81.5 Å². The van der Waals surface area contributed by atoms with Crippen LogP contribution in [0.5, 0.6) is 5.75 Å². The first kappa shape index (κ1) is 27.8. The van der Waals surface area contributed by atoms with Gasteiger partial charge in [0.15, 0.2) is 0 Å². The van der Waals surface area contributed by atoms with E-state index < -0.39 is 6.10 Å². The maximum Gasteiger partial charge on any atom is 0.255 e. The number of nitrogens with one attached hydrogen (secondary N) is 2. The fourth-order valence-corrected chi connectivity index (χ4v) is 5.15. The Morgan fingerprint density at radius 1 is 1.00 bits per heavy atom. The second-order valence-electron chi connectivity index (χ2n) is 10.2. The number of phenols is 1. The van der Waals surface area contributed by atoms with Crippen LogP contribution in [0, 0.1) is 0 Å². The Hall–Kier alpha value is -3.75. The second kappa shape index (κ2) is 11.8. The molecule has 14 heteroatoms. The van der Waals surface area contributed by atoms with Gasteiger partial charge in [-0.25, -0.2) is 0 Å². The molecule has 0 unspecified atom stereocenters. The van der Waals surface area contributed by atoms with Crippen molar-refractivity contribution in [2.45, 2.75) is 37.1 Å². The monoisotopic (exact) mass is 568 g/mol. The molecule has 13 nitrogen and oxygen atoms in total. The zero-order chi connectivity index (χ0) is 28.4. The van der Waals surface area contributed by atoms with Gasteiger partial charge in [0.1, 0.15) is 5.75 Å². The number of phenolic OH excluding ortho intramolecular Hbond substituents is 1. The van der Waals surface area contributed by atoms with Crippen molar-refractivity contribution in [2.75, 3.05) is 46.6 Å². The number of β-amino-alcohol motifs (C(OH)–C–C–N with tert-alkyl or cyclic N) is 1. The Morgan fingerprint density at radius 2 is 1.70 bits per heavy atom. The number of amides is 1. The number of anilines is 5. The third-order valence-electron chi connectivity index (χ3n) is 6.94. The number of carbonyl (C=O) groups is 1. The van der Waals surface area contributed by atoms with Crippen LogP contribution in [0.3, 0.4) is 0 Å². The first-order valence-corrected chi connectivity index (χ1v) is 13.4. The van der Waals surface area contributed by atoms with Crippen molar-refractivity contribution in [3.05, 3.63) is 53.1 Å². The zero-order valence-corrected chi connectivity index (χ0v) is 22.5. The van der Waals surface area contributed by atoms with E-state index in [9.17, 15) is 15.0 Å². The molecule has 3 aromatic rings. The van der Waals surface area contributed by atoms with Crippen molar-refractivity contribution in [1.82, 2.24) is 15.0 Å². The van der Waals surface area contributed by atoms with Crippen molar-refractivity contribution >= 4 is 46.7 Å². The fraction of sp³-hybridized carbons (Fsp3) is 0.385. The number of hydrogen-bond donors (Lipinski definition) is 7. The van der Waals surface area contributed by atoms with E-state index in [0.29, 0.717) is 67.2 Å². The van der Waals surface area contributed by atoms with Crippen LogP contribution in [0.25, 0.3) is 0 Å². The Labute approximate surface area is 236 Å². The van der Waals surface area contributed by atoms with Crippen LogP contribution in [0.2, 0.25) is 5.02 Å². The fourth-order valence-electron chi connectivity index (χ4n) is 5.02. The first-order chi connectivity index (χ1) is 19.2.